The summed E-state index contributed by atoms with van der Waals surface area (Å²) in [6, 6.07) is 21.4. The first kappa shape index (κ1) is 22.5. The van der Waals surface area contributed by atoms with Gasteiger partial charge < -0.3 is 5.11 Å². The third kappa shape index (κ3) is 4.90. The van der Waals surface area contributed by atoms with Gasteiger partial charge in [-0.2, -0.15) is 0 Å². The number of aliphatic hydroxyl groups excluding tert-OH is 1. The SMILES string of the molecule is O=S(c1ccc(Cl)cc1)N1C(c2cccc(Cl)c2)CC=C(CO)C1c1cccc(Cl)c1. The average Bonchev–Trinajstić information content (AvgIpc) is 2.78. The minimum Gasteiger partial charge on any atom is -0.392 e. The molecule has 1 N–H and O–H groups in total. The Kier molecular flexibility index (Phi) is 7.17. The van der Waals surface area contributed by atoms with Gasteiger partial charge in [0.1, 0.15) is 11.0 Å². The Bertz CT molecular complexity index is 1130. The summed E-state index contributed by atoms with van der Waals surface area (Å²) in [5.41, 5.74) is 2.60. The van der Waals surface area contributed by atoms with Crippen molar-refractivity contribution in [2.24, 2.45) is 0 Å². The van der Waals surface area contributed by atoms with Crippen LogP contribution in [0, 0.1) is 0 Å². The molecule has 3 atom stereocenters. The van der Waals surface area contributed by atoms with E-state index in [9.17, 15) is 9.32 Å². The molecule has 1 heterocycles. The van der Waals surface area contributed by atoms with E-state index in [1.165, 1.54) is 0 Å². The van der Waals surface area contributed by atoms with Crippen molar-refractivity contribution in [3.05, 3.63) is 111 Å². The van der Waals surface area contributed by atoms with Crippen LogP contribution in [0.15, 0.2) is 89.3 Å². The monoisotopic (exact) mass is 491 g/mol. The number of aliphatic hydroxyl groups is 1. The molecule has 0 spiro atoms. The topological polar surface area (TPSA) is 40.5 Å². The molecule has 7 heteroatoms. The van der Waals surface area contributed by atoms with Gasteiger partial charge in [0.25, 0.3) is 0 Å². The van der Waals surface area contributed by atoms with Crippen LogP contribution in [0.4, 0.5) is 0 Å². The number of halogens is 3. The lowest BCUT2D eigenvalue weighted by Gasteiger charge is -2.41. The van der Waals surface area contributed by atoms with Crippen molar-refractivity contribution in [1.29, 1.82) is 0 Å². The van der Waals surface area contributed by atoms with Gasteiger partial charge in [0.05, 0.1) is 23.6 Å². The Morgan fingerprint density at radius 2 is 1.48 bits per heavy atom. The van der Waals surface area contributed by atoms with Crippen LogP contribution in [-0.2, 0) is 11.0 Å². The standard InChI is InChI=1S/C24H20Cl3NO2S/c25-19-8-10-22(11-9-19)31(30)28-23(16-3-1-5-20(26)13-16)12-7-18(15-29)24(28)17-4-2-6-21(27)14-17/h1-11,13-14,23-24,29H,12,15H2. The van der Waals surface area contributed by atoms with Gasteiger partial charge in [0.15, 0.2) is 0 Å². The Balaban J connectivity index is 1.88. The second-order valence-electron chi connectivity index (χ2n) is 7.26. The molecule has 0 amide bonds. The van der Waals surface area contributed by atoms with Crippen molar-refractivity contribution in [2.45, 2.75) is 23.4 Å². The lowest BCUT2D eigenvalue weighted by atomic mass is 9.90. The van der Waals surface area contributed by atoms with E-state index in [0.717, 1.165) is 16.7 Å². The Labute approximate surface area is 199 Å². The van der Waals surface area contributed by atoms with E-state index in [1.54, 1.807) is 30.3 Å². The highest BCUT2D eigenvalue weighted by molar-refractivity contribution is 7.82. The number of hydrogen-bond acceptors (Lipinski definition) is 2. The molecule has 3 unspecified atom stereocenters. The number of rotatable bonds is 5. The van der Waals surface area contributed by atoms with Crippen molar-refractivity contribution in [2.75, 3.05) is 6.61 Å². The van der Waals surface area contributed by atoms with Crippen molar-refractivity contribution in [3.8, 4) is 0 Å². The van der Waals surface area contributed by atoms with E-state index >= 15 is 0 Å². The predicted octanol–water partition coefficient (Wildman–Crippen LogP) is 6.78. The molecule has 0 aliphatic carbocycles. The molecule has 0 radical (unpaired) electrons. The van der Waals surface area contributed by atoms with E-state index in [0.29, 0.717) is 26.4 Å². The maximum atomic E-state index is 13.9. The minimum atomic E-state index is -1.54. The number of benzene rings is 3. The second kappa shape index (κ2) is 9.86. The van der Waals surface area contributed by atoms with Gasteiger partial charge in [-0.05, 0) is 71.7 Å². The zero-order chi connectivity index (χ0) is 22.0. The van der Waals surface area contributed by atoms with Crippen molar-refractivity contribution in [1.82, 2.24) is 4.31 Å². The van der Waals surface area contributed by atoms with Crippen LogP contribution in [0.1, 0.15) is 29.6 Å². The normalized spacial score (nSPS) is 20.3. The number of hydrogen-bond donors (Lipinski definition) is 1. The smallest absolute Gasteiger partial charge is 0.129 e. The molecular weight excluding hydrogens is 473 g/mol. The van der Waals surface area contributed by atoms with E-state index in [2.05, 4.69) is 0 Å². The summed E-state index contributed by atoms with van der Waals surface area (Å²) in [7, 11) is -1.54. The van der Waals surface area contributed by atoms with Crippen molar-refractivity contribution >= 4 is 45.8 Å². The predicted molar refractivity (Wildman–Crippen MR) is 128 cm³/mol. The summed E-state index contributed by atoms with van der Waals surface area (Å²) in [6.45, 7) is -0.145. The fourth-order valence-corrected chi connectivity index (χ4v) is 5.91. The molecule has 0 fully saturated rings. The zero-order valence-electron chi connectivity index (χ0n) is 16.4. The van der Waals surface area contributed by atoms with E-state index in [-0.39, 0.29) is 12.6 Å². The fourth-order valence-electron chi connectivity index (χ4n) is 3.89. The van der Waals surface area contributed by atoms with Crippen molar-refractivity contribution < 1.29 is 9.32 Å². The lowest BCUT2D eigenvalue weighted by Crippen LogP contribution is -2.38. The second-order valence-corrected chi connectivity index (χ2v) is 9.96. The summed E-state index contributed by atoms with van der Waals surface area (Å²) < 4.78 is 15.9. The van der Waals surface area contributed by atoms with Gasteiger partial charge in [-0.15, -0.1) is 0 Å². The first-order valence-corrected chi connectivity index (χ1v) is 12.0. The summed E-state index contributed by atoms with van der Waals surface area (Å²) in [6.07, 6.45) is 2.61. The molecule has 0 aromatic heterocycles. The highest BCUT2D eigenvalue weighted by Crippen LogP contribution is 2.44. The molecule has 0 saturated heterocycles. The van der Waals surface area contributed by atoms with Crippen LogP contribution in [0.25, 0.3) is 0 Å². The van der Waals surface area contributed by atoms with Gasteiger partial charge in [0.2, 0.25) is 0 Å². The largest absolute Gasteiger partial charge is 0.392 e. The molecule has 0 saturated carbocycles. The van der Waals surface area contributed by atoms with Crippen molar-refractivity contribution in [3.63, 3.8) is 0 Å². The van der Waals surface area contributed by atoms with E-state index < -0.39 is 17.0 Å². The van der Waals surface area contributed by atoms with Crippen LogP contribution in [0.2, 0.25) is 15.1 Å². The van der Waals surface area contributed by atoms with Crippen LogP contribution >= 0.6 is 34.8 Å². The summed E-state index contributed by atoms with van der Waals surface area (Å²) in [5, 5.41) is 11.9. The fraction of sp³-hybridized carbons (Fsp3) is 0.167. The molecule has 1 aliphatic rings. The third-order valence-corrected chi connectivity index (χ3v) is 7.55. The summed E-state index contributed by atoms with van der Waals surface area (Å²) >= 11 is 18.6. The van der Waals surface area contributed by atoms with Crippen LogP contribution in [0.5, 0.6) is 0 Å². The van der Waals surface area contributed by atoms with Crippen LogP contribution in [-0.4, -0.2) is 20.2 Å². The summed E-state index contributed by atoms with van der Waals surface area (Å²) in [4.78, 5) is 0.627. The maximum absolute atomic E-state index is 13.9. The zero-order valence-corrected chi connectivity index (χ0v) is 19.5. The van der Waals surface area contributed by atoms with E-state index in [1.807, 2.05) is 52.8 Å². The van der Waals surface area contributed by atoms with Gasteiger partial charge in [0, 0.05) is 15.1 Å². The average molecular weight is 493 g/mol. The van der Waals surface area contributed by atoms with E-state index in [4.69, 9.17) is 34.8 Å². The lowest BCUT2D eigenvalue weighted by molar-refractivity contribution is 0.239. The molecule has 160 valence electrons. The van der Waals surface area contributed by atoms with Crippen LogP contribution in [0.3, 0.4) is 0 Å². The molecule has 3 aromatic carbocycles. The molecule has 3 nitrogen and oxygen atoms in total. The highest BCUT2D eigenvalue weighted by atomic mass is 35.5. The third-order valence-electron chi connectivity index (χ3n) is 5.30. The molecule has 31 heavy (non-hydrogen) atoms. The summed E-state index contributed by atoms with van der Waals surface area (Å²) in [5.74, 6) is 0. The highest BCUT2D eigenvalue weighted by Gasteiger charge is 2.38. The molecule has 3 aromatic rings. The van der Waals surface area contributed by atoms with Gasteiger partial charge in [-0.1, -0.05) is 65.1 Å². The quantitative estimate of drug-likeness (QED) is 0.399. The molecule has 1 aliphatic heterocycles. The molecule has 0 bridgehead atoms. The minimum absolute atomic E-state index is 0.145. The number of nitrogens with zero attached hydrogens (tertiary/aromatic N) is 1. The Morgan fingerprint density at radius 1 is 0.871 bits per heavy atom. The van der Waals surface area contributed by atoms with Gasteiger partial charge in [-0.3, -0.25) is 0 Å². The van der Waals surface area contributed by atoms with Gasteiger partial charge >= 0.3 is 0 Å². The van der Waals surface area contributed by atoms with Gasteiger partial charge in [-0.25, -0.2) is 8.51 Å². The Morgan fingerprint density at radius 3 is 2.10 bits per heavy atom. The maximum Gasteiger partial charge on any atom is 0.129 e. The molecular formula is C24H20Cl3NO2S. The Hall–Kier alpha value is -1.66. The molecule has 4 rings (SSSR count). The first-order valence-electron chi connectivity index (χ1n) is 9.74. The van der Waals surface area contributed by atoms with Crippen LogP contribution < -0.4 is 0 Å². The first-order chi connectivity index (χ1) is 15.0.